The first kappa shape index (κ1) is 21.3. The predicted octanol–water partition coefficient (Wildman–Crippen LogP) is 4.15. The van der Waals surface area contributed by atoms with Crippen LogP contribution in [0.15, 0.2) is 48.5 Å². The number of hydrogen-bond donors (Lipinski definition) is 2. The average Bonchev–Trinajstić information content (AvgIpc) is 2.60. The van der Waals surface area contributed by atoms with Gasteiger partial charge in [0.2, 0.25) is 0 Å². The summed E-state index contributed by atoms with van der Waals surface area (Å²) in [5, 5.41) is 11.3. The van der Waals surface area contributed by atoms with Crippen LogP contribution in [0.4, 0.5) is 26.3 Å². The highest BCUT2D eigenvalue weighted by Gasteiger charge is 2.34. The third-order valence-corrected chi connectivity index (χ3v) is 3.82. The van der Waals surface area contributed by atoms with E-state index in [4.69, 9.17) is 0 Å². The Morgan fingerprint density at radius 1 is 0.893 bits per heavy atom. The standard InChI is InChI=1S/C18H13F6NO3/c19-17(20,21)12-7-5-10(6-8-12)15(26)25-14(16(27)28)9-11-3-1-2-4-13(11)18(22,23)24/h1-8,14H,9H2,(H,25,26)(H,27,28)/t14-/m1/s1. The van der Waals surface area contributed by atoms with Crippen molar-refractivity contribution < 1.29 is 41.0 Å². The summed E-state index contributed by atoms with van der Waals surface area (Å²) in [6.07, 6.45) is -9.98. The average molecular weight is 405 g/mol. The van der Waals surface area contributed by atoms with Crippen LogP contribution in [0.5, 0.6) is 0 Å². The number of nitrogens with one attached hydrogen (secondary N) is 1. The Bertz CT molecular complexity index is 859. The topological polar surface area (TPSA) is 66.4 Å². The van der Waals surface area contributed by atoms with Gasteiger partial charge in [0.15, 0.2) is 0 Å². The summed E-state index contributed by atoms with van der Waals surface area (Å²) in [5.74, 6) is -2.61. The van der Waals surface area contributed by atoms with E-state index in [9.17, 15) is 41.0 Å². The summed E-state index contributed by atoms with van der Waals surface area (Å²) in [5.41, 5.74) is -2.64. The summed E-state index contributed by atoms with van der Waals surface area (Å²) >= 11 is 0. The predicted molar refractivity (Wildman–Crippen MR) is 85.5 cm³/mol. The molecule has 2 N–H and O–H groups in total. The van der Waals surface area contributed by atoms with Crippen molar-refractivity contribution >= 4 is 11.9 Å². The van der Waals surface area contributed by atoms with Crippen LogP contribution < -0.4 is 5.32 Å². The van der Waals surface area contributed by atoms with Gasteiger partial charge in [0.1, 0.15) is 6.04 Å². The fourth-order valence-corrected chi connectivity index (χ4v) is 2.45. The molecule has 28 heavy (non-hydrogen) atoms. The van der Waals surface area contributed by atoms with Crippen LogP contribution in [0.2, 0.25) is 0 Å². The van der Waals surface area contributed by atoms with Gasteiger partial charge in [-0.1, -0.05) is 18.2 Å². The molecule has 10 heteroatoms. The van der Waals surface area contributed by atoms with Gasteiger partial charge in [-0.05, 0) is 35.9 Å². The van der Waals surface area contributed by atoms with Crippen molar-refractivity contribution in [2.24, 2.45) is 0 Å². The molecular weight excluding hydrogens is 392 g/mol. The van der Waals surface area contributed by atoms with E-state index in [2.05, 4.69) is 0 Å². The van der Waals surface area contributed by atoms with Crippen molar-refractivity contribution in [1.29, 1.82) is 0 Å². The van der Waals surface area contributed by atoms with Crippen LogP contribution in [-0.4, -0.2) is 23.0 Å². The van der Waals surface area contributed by atoms with E-state index in [-0.39, 0.29) is 11.1 Å². The van der Waals surface area contributed by atoms with Gasteiger partial charge in [0, 0.05) is 12.0 Å². The number of carboxylic acids is 1. The van der Waals surface area contributed by atoms with Crippen LogP contribution in [0.1, 0.15) is 27.0 Å². The summed E-state index contributed by atoms with van der Waals surface area (Å²) in [6.45, 7) is 0. The second-order valence-electron chi connectivity index (χ2n) is 5.80. The maximum atomic E-state index is 13.0. The number of benzene rings is 2. The van der Waals surface area contributed by atoms with Crippen molar-refractivity contribution in [2.75, 3.05) is 0 Å². The number of hydrogen-bond acceptors (Lipinski definition) is 2. The fraction of sp³-hybridized carbons (Fsp3) is 0.222. The maximum absolute atomic E-state index is 13.0. The second-order valence-corrected chi connectivity index (χ2v) is 5.80. The molecule has 0 unspecified atom stereocenters. The number of alkyl halides is 6. The van der Waals surface area contributed by atoms with Crippen LogP contribution >= 0.6 is 0 Å². The monoisotopic (exact) mass is 405 g/mol. The van der Waals surface area contributed by atoms with Crippen molar-refractivity contribution in [1.82, 2.24) is 5.32 Å². The summed E-state index contributed by atoms with van der Waals surface area (Å²) in [6, 6.07) is 5.58. The van der Waals surface area contributed by atoms with E-state index in [0.29, 0.717) is 12.1 Å². The molecule has 0 saturated heterocycles. The molecule has 1 amide bonds. The van der Waals surface area contributed by atoms with E-state index >= 15 is 0 Å². The van der Waals surface area contributed by atoms with Crippen LogP contribution in [0.3, 0.4) is 0 Å². The van der Waals surface area contributed by atoms with Gasteiger partial charge in [0.25, 0.3) is 5.91 Å². The molecule has 0 fully saturated rings. The number of carbonyl (C=O) groups is 2. The minimum Gasteiger partial charge on any atom is -0.480 e. The van der Waals surface area contributed by atoms with Crippen LogP contribution in [0.25, 0.3) is 0 Å². The van der Waals surface area contributed by atoms with Gasteiger partial charge in [-0.2, -0.15) is 26.3 Å². The molecule has 0 aliphatic rings. The molecule has 2 aromatic carbocycles. The molecule has 0 spiro atoms. The first-order valence-corrected chi connectivity index (χ1v) is 7.75. The lowest BCUT2D eigenvalue weighted by Gasteiger charge is -2.18. The molecule has 0 aliphatic carbocycles. The number of halogens is 6. The summed E-state index contributed by atoms with van der Waals surface area (Å²) in [4.78, 5) is 23.5. The number of amides is 1. The highest BCUT2D eigenvalue weighted by molar-refractivity contribution is 5.96. The Kier molecular flexibility index (Phi) is 6.01. The van der Waals surface area contributed by atoms with Crippen molar-refractivity contribution in [3.05, 3.63) is 70.8 Å². The Morgan fingerprint density at radius 2 is 1.46 bits per heavy atom. The smallest absolute Gasteiger partial charge is 0.416 e. The lowest BCUT2D eigenvalue weighted by molar-refractivity contribution is -0.141. The number of carbonyl (C=O) groups excluding carboxylic acids is 1. The second kappa shape index (κ2) is 7.91. The van der Waals surface area contributed by atoms with Crippen molar-refractivity contribution in [3.63, 3.8) is 0 Å². The van der Waals surface area contributed by atoms with Gasteiger partial charge in [0.05, 0.1) is 11.1 Å². The van der Waals surface area contributed by atoms with Crippen molar-refractivity contribution in [2.45, 2.75) is 24.8 Å². The molecule has 2 aromatic rings. The highest BCUT2D eigenvalue weighted by atomic mass is 19.4. The lowest BCUT2D eigenvalue weighted by atomic mass is 9.99. The molecule has 0 saturated carbocycles. The lowest BCUT2D eigenvalue weighted by Crippen LogP contribution is -2.42. The Balaban J connectivity index is 2.20. The number of rotatable bonds is 5. The third-order valence-electron chi connectivity index (χ3n) is 3.82. The summed E-state index contributed by atoms with van der Waals surface area (Å²) < 4.78 is 76.7. The largest absolute Gasteiger partial charge is 0.480 e. The molecular formula is C18H13F6NO3. The number of aliphatic carboxylic acids is 1. The molecule has 4 nitrogen and oxygen atoms in total. The van der Waals surface area contributed by atoms with Crippen LogP contribution in [-0.2, 0) is 23.6 Å². The number of carboxylic acid groups (broad SMARTS) is 1. The first-order chi connectivity index (χ1) is 12.9. The normalized spacial score (nSPS) is 13.1. The Hall–Kier alpha value is -3.04. The van der Waals surface area contributed by atoms with E-state index in [1.54, 1.807) is 0 Å². The van der Waals surface area contributed by atoms with Crippen LogP contribution in [0, 0.1) is 0 Å². The summed E-state index contributed by atoms with van der Waals surface area (Å²) in [7, 11) is 0. The van der Waals surface area contributed by atoms with E-state index < -0.39 is 47.8 Å². The Morgan fingerprint density at radius 3 is 1.96 bits per heavy atom. The molecule has 0 aliphatic heterocycles. The Labute approximate surface area is 154 Å². The van der Waals surface area contributed by atoms with Gasteiger partial charge in [-0.25, -0.2) is 4.79 Å². The molecule has 150 valence electrons. The van der Waals surface area contributed by atoms with E-state index in [1.807, 2.05) is 5.32 Å². The minimum atomic E-state index is -4.71. The van der Waals surface area contributed by atoms with Gasteiger partial charge >= 0.3 is 18.3 Å². The molecule has 0 radical (unpaired) electrons. The molecule has 2 rings (SSSR count). The first-order valence-electron chi connectivity index (χ1n) is 7.75. The quantitative estimate of drug-likeness (QED) is 0.735. The zero-order valence-corrected chi connectivity index (χ0v) is 13.9. The maximum Gasteiger partial charge on any atom is 0.416 e. The van der Waals surface area contributed by atoms with Gasteiger partial charge < -0.3 is 10.4 Å². The molecule has 0 aromatic heterocycles. The van der Waals surface area contributed by atoms with Gasteiger partial charge in [-0.3, -0.25) is 4.79 Å². The van der Waals surface area contributed by atoms with E-state index in [0.717, 1.165) is 30.3 Å². The van der Waals surface area contributed by atoms with E-state index in [1.165, 1.54) is 6.07 Å². The van der Waals surface area contributed by atoms with Gasteiger partial charge in [-0.15, -0.1) is 0 Å². The SMILES string of the molecule is O=C(N[C@H](Cc1ccccc1C(F)(F)F)C(=O)O)c1ccc(C(F)(F)F)cc1. The highest BCUT2D eigenvalue weighted by Crippen LogP contribution is 2.32. The molecule has 0 bridgehead atoms. The van der Waals surface area contributed by atoms with Crippen molar-refractivity contribution in [3.8, 4) is 0 Å². The molecule has 1 atom stereocenters. The molecule has 0 heterocycles. The third kappa shape index (κ3) is 5.24. The fourth-order valence-electron chi connectivity index (χ4n) is 2.45. The zero-order valence-electron chi connectivity index (χ0n) is 13.9. The zero-order chi connectivity index (χ0) is 21.1. The minimum absolute atomic E-state index is 0.261.